The number of benzene rings is 2. The first kappa shape index (κ1) is 25.8. The minimum Gasteiger partial charge on any atom is -0.497 e. The summed E-state index contributed by atoms with van der Waals surface area (Å²) in [5.74, 6) is -0.542. The lowest BCUT2D eigenvalue weighted by molar-refractivity contribution is -0.122. The Labute approximate surface area is 241 Å². The smallest absolute Gasteiger partial charge is 0.345 e. The monoisotopic (exact) mass is 565 g/mol. The van der Waals surface area contributed by atoms with Crippen LogP contribution >= 0.6 is 11.3 Å². The Morgan fingerprint density at radius 3 is 2.54 bits per heavy atom. The summed E-state index contributed by atoms with van der Waals surface area (Å²) in [5.41, 5.74) is 14.2. The van der Waals surface area contributed by atoms with E-state index in [2.05, 4.69) is 22.8 Å². The van der Waals surface area contributed by atoms with Crippen molar-refractivity contribution in [2.24, 2.45) is 11.7 Å². The number of rotatable bonds is 5. The van der Waals surface area contributed by atoms with Gasteiger partial charge in [-0.15, -0.1) is 11.3 Å². The molecule has 208 valence electrons. The maximum Gasteiger partial charge on any atom is 0.345 e. The largest absolute Gasteiger partial charge is 0.497 e. The summed E-state index contributed by atoms with van der Waals surface area (Å²) in [4.78, 5) is 30.1. The highest BCUT2D eigenvalue weighted by molar-refractivity contribution is 7.21. The van der Waals surface area contributed by atoms with Crippen molar-refractivity contribution in [1.29, 1.82) is 0 Å². The first-order valence-electron chi connectivity index (χ1n) is 14.2. The molecule has 1 fully saturated rings. The molecule has 8 heteroatoms. The zero-order chi connectivity index (χ0) is 28.2. The second kappa shape index (κ2) is 10.0. The third kappa shape index (κ3) is 4.28. The van der Waals surface area contributed by atoms with Gasteiger partial charge in [-0.2, -0.15) is 0 Å². The molecular formula is C33H31N3O4S. The molecule has 1 aliphatic carbocycles. The molecule has 2 aromatic carbocycles. The average Bonchev–Trinajstić information content (AvgIpc) is 3.49. The molecule has 7 rings (SSSR count). The van der Waals surface area contributed by atoms with Crippen LogP contribution in [0.5, 0.6) is 5.75 Å². The molecule has 0 radical (unpaired) electrons. The lowest BCUT2D eigenvalue weighted by atomic mass is 9.82. The predicted molar refractivity (Wildman–Crippen MR) is 162 cm³/mol. The van der Waals surface area contributed by atoms with Crippen molar-refractivity contribution in [2.75, 3.05) is 7.11 Å². The van der Waals surface area contributed by atoms with Gasteiger partial charge in [0.05, 0.1) is 40.1 Å². The zero-order valence-electron chi connectivity index (χ0n) is 22.9. The Hall–Kier alpha value is -4.17. The van der Waals surface area contributed by atoms with Gasteiger partial charge in [0.2, 0.25) is 5.91 Å². The number of ether oxygens (including phenoxy) is 1. The highest BCUT2D eigenvalue weighted by Crippen LogP contribution is 2.49. The summed E-state index contributed by atoms with van der Waals surface area (Å²) >= 11 is 1.36. The highest BCUT2D eigenvalue weighted by Gasteiger charge is 2.34. The van der Waals surface area contributed by atoms with Crippen molar-refractivity contribution in [2.45, 2.75) is 51.0 Å². The number of amides is 1. The summed E-state index contributed by atoms with van der Waals surface area (Å²) in [7, 11) is 1.65. The Morgan fingerprint density at radius 2 is 1.83 bits per heavy atom. The molecule has 0 saturated heterocycles. The number of methoxy groups -OCH3 is 1. The number of aromatic carboxylic acids is 1. The molecule has 1 aliphatic heterocycles. The number of thiophene rings is 1. The molecule has 41 heavy (non-hydrogen) atoms. The number of aromatic nitrogens is 2. The molecule has 7 nitrogen and oxygen atoms in total. The minimum atomic E-state index is -0.916. The normalized spacial score (nSPS) is 17.2. The molecule has 1 unspecified atom stereocenters. The lowest BCUT2D eigenvalue weighted by Gasteiger charge is -2.24. The van der Waals surface area contributed by atoms with E-state index < -0.39 is 11.9 Å². The Kier molecular flexibility index (Phi) is 6.31. The highest BCUT2D eigenvalue weighted by atomic mass is 32.1. The molecule has 1 atom stereocenters. The van der Waals surface area contributed by atoms with Crippen LogP contribution in [0.25, 0.3) is 43.6 Å². The van der Waals surface area contributed by atoms with Crippen molar-refractivity contribution in [3.05, 3.63) is 70.6 Å². The van der Waals surface area contributed by atoms with Gasteiger partial charge < -0.3 is 20.1 Å². The standard InChI is InChI=1S/C33H31N3O4S/c1-40-21-9-7-18(8-10-21)25-13-11-22-24-15-20(32(34)37)17-36-27-16-28(33(38)39)41-31(27)29(19-5-3-2-4-6-19)30(36)23(24)12-14-26(22)35-25/h7-14,16,19-20H,2-6,15,17H2,1H3,(H2,34,37)(H,38,39). The van der Waals surface area contributed by atoms with Gasteiger partial charge in [-0.05, 0) is 78.8 Å². The number of carbonyl (C=O) groups is 2. The van der Waals surface area contributed by atoms with Gasteiger partial charge in [-0.25, -0.2) is 9.78 Å². The number of pyridine rings is 1. The summed E-state index contributed by atoms with van der Waals surface area (Å²) in [5, 5.41) is 10.8. The van der Waals surface area contributed by atoms with Crippen molar-refractivity contribution in [1.82, 2.24) is 9.55 Å². The van der Waals surface area contributed by atoms with Crippen LogP contribution in [0, 0.1) is 5.92 Å². The average molecular weight is 566 g/mol. The van der Waals surface area contributed by atoms with Crippen LogP contribution in [0.4, 0.5) is 0 Å². The second-order valence-electron chi connectivity index (χ2n) is 11.2. The number of fused-ring (bicyclic) bond motifs is 7. The summed E-state index contributed by atoms with van der Waals surface area (Å²) in [6, 6.07) is 18.0. The van der Waals surface area contributed by atoms with Gasteiger partial charge in [-0.1, -0.05) is 31.4 Å². The van der Waals surface area contributed by atoms with E-state index in [1.165, 1.54) is 36.2 Å². The number of nitrogens with zero attached hydrogens (tertiary/aromatic N) is 2. The maximum absolute atomic E-state index is 12.8. The fourth-order valence-corrected chi connectivity index (χ4v) is 7.98. The molecule has 1 amide bonds. The van der Waals surface area contributed by atoms with Gasteiger partial charge in [-0.3, -0.25) is 4.79 Å². The second-order valence-corrected chi connectivity index (χ2v) is 12.3. The van der Waals surface area contributed by atoms with Gasteiger partial charge in [0.25, 0.3) is 0 Å². The lowest BCUT2D eigenvalue weighted by Crippen LogP contribution is -2.28. The number of hydrogen-bond donors (Lipinski definition) is 2. The Balaban J connectivity index is 1.46. The minimum absolute atomic E-state index is 0.330. The van der Waals surface area contributed by atoms with Crippen LogP contribution in [0.15, 0.2) is 54.6 Å². The topological polar surface area (TPSA) is 107 Å². The third-order valence-corrected chi connectivity index (χ3v) is 10.0. The number of hydrogen-bond acceptors (Lipinski definition) is 5. The molecule has 0 bridgehead atoms. The van der Waals surface area contributed by atoms with Crippen LogP contribution in [-0.4, -0.2) is 33.6 Å². The predicted octanol–water partition coefficient (Wildman–Crippen LogP) is 7.00. The molecule has 2 aliphatic rings. The van der Waals surface area contributed by atoms with Gasteiger partial charge in [0.1, 0.15) is 10.6 Å². The van der Waals surface area contributed by atoms with Gasteiger partial charge >= 0.3 is 5.97 Å². The van der Waals surface area contributed by atoms with E-state index in [1.807, 2.05) is 30.3 Å². The summed E-state index contributed by atoms with van der Waals surface area (Å²) in [6.07, 6.45) is 6.24. The summed E-state index contributed by atoms with van der Waals surface area (Å²) in [6.45, 7) is 0.428. The molecule has 3 aromatic heterocycles. The van der Waals surface area contributed by atoms with E-state index in [4.69, 9.17) is 15.5 Å². The molecule has 0 spiro atoms. The molecule has 5 aromatic rings. The fourth-order valence-electron chi connectivity index (χ4n) is 6.86. The molecule has 1 saturated carbocycles. The zero-order valence-corrected chi connectivity index (χ0v) is 23.7. The van der Waals surface area contributed by atoms with Crippen LogP contribution in [0.1, 0.15) is 58.8 Å². The first-order chi connectivity index (χ1) is 19.9. The Morgan fingerprint density at radius 1 is 1.05 bits per heavy atom. The van der Waals surface area contributed by atoms with E-state index in [0.29, 0.717) is 23.8 Å². The number of carbonyl (C=O) groups excluding carboxylic acids is 1. The molecular weight excluding hydrogens is 534 g/mol. The van der Waals surface area contributed by atoms with E-state index in [-0.39, 0.29) is 5.91 Å². The van der Waals surface area contributed by atoms with E-state index in [9.17, 15) is 14.7 Å². The quantitative estimate of drug-likeness (QED) is 0.239. The molecule has 3 N–H and O–H groups in total. The Bertz CT molecular complexity index is 1830. The van der Waals surface area contributed by atoms with Crippen molar-refractivity contribution in [3.63, 3.8) is 0 Å². The molecule has 4 heterocycles. The van der Waals surface area contributed by atoms with Crippen LogP contribution in [0.2, 0.25) is 0 Å². The van der Waals surface area contributed by atoms with E-state index in [1.54, 1.807) is 13.2 Å². The first-order valence-corrected chi connectivity index (χ1v) is 15.0. The SMILES string of the molecule is COc1ccc(-c2ccc3c4c(ccc3n2)-c2c(C3CCCCC3)c3sc(C(=O)O)cc3n2CC(C(N)=O)C4)cc1. The van der Waals surface area contributed by atoms with Crippen LogP contribution in [-0.2, 0) is 17.8 Å². The van der Waals surface area contributed by atoms with Crippen molar-refractivity contribution < 1.29 is 19.4 Å². The van der Waals surface area contributed by atoms with Crippen molar-refractivity contribution in [3.8, 4) is 28.3 Å². The van der Waals surface area contributed by atoms with E-state index >= 15 is 0 Å². The summed E-state index contributed by atoms with van der Waals surface area (Å²) < 4.78 is 8.53. The van der Waals surface area contributed by atoms with Crippen LogP contribution in [0.3, 0.4) is 0 Å². The van der Waals surface area contributed by atoms with Gasteiger partial charge in [0.15, 0.2) is 0 Å². The maximum atomic E-state index is 12.8. The van der Waals surface area contributed by atoms with Crippen molar-refractivity contribution >= 4 is 44.3 Å². The third-order valence-electron chi connectivity index (χ3n) is 8.88. The van der Waals surface area contributed by atoms with Gasteiger partial charge in [0, 0.05) is 23.1 Å². The number of carboxylic acid groups (broad SMARTS) is 1. The van der Waals surface area contributed by atoms with E-state index in [0.717, 1.165) is 67.8 Å². The number of carboxylic acids is 1. The number of primary amides is 1. The van der Waals surface area contributed by atoms with Crippen LogP contribution < -0.4 is 10.5 Å². The fraction of sp³-hybridized carbons (Fsp3) is 0.303. The number of nitrogens with two attached hydrogens (primary N) is 1.